The molecule has 2 rings (SSSR count). The third kappa shape index (κ3) is 1.49. The summed E-state index contributed by atoms with van der Waals surface area (Å²) in [4.78, 5) is 7.76. The quantitative estimate of drug-likeness (QED) is 0.625. The first-order valence-electron chi connectivity index (χ1n) is 3.85. The average molecular weight is 176 g/mol. The van der Waals surface area contributed by atoms with Crippen molar-refractivity contribution in [2.45, 2.75) is 6.29 Å². The highest BCUT2D eigenvalue weighted by Gasteiger charge is 2.05. The molecule has 0 spiro atoms. The second-order valence-corrected chi connectivity index (χ2v) is 2.66. The molecule has 1 aromatic heterocycles. The third-order valence-electron chi connectivity index (χ3n) is 1.74. The Kier molecular flexibility index (Phi) is 1.92. The summed E-state index contributed by atoms with van der Waals surface area (Å²) in [5.74, 6) is 0.0266. The van der Waals surface area contributed by atoms with E-state index in [1.165, 1.54) is 0 Å². The van der Waals surface area contributed by atoms with E-state index in [1.807, 2.05) is 18.2 Å². The van der Waals surface area contributed by atoms with E-state index >= 15 is 0 Å². The zero-order valence-corrected chi connectivity index (χ0v) is 6.75. The summed E-state index contributed by atoms with van der Waals surface area (Å²) in [6.07, 6.45) is -0.0403. The number of aromatic nitrogens is 2. The van der Waals surface area contributed by atoms with Gasteiger partial charge in [-0.3, -0.25) is 0 Å². The third-order valence-corrected chi connectivity index (χ3v) is 1.74. The maximum Gasteiger partial charge on any atom is 0.214 e. The van der Waals surface area contributed by atoms with E-state index in [2.05, 4.69) is 9.97 Å². The van der Waals surface area contributed by atoms with E-state index in [9.17, 15) is 0 Å². The Morgan fingerprint density at radius 2 is 1.92 bits per heavy atom. The van der Waals surface area contributed by atoms with Gasteiger partial charge in [0.15, 0.2) is 5.82 Å². The molecule has 0 bridgehead atoms. The van der Waals surface area contributed by atoms with Crippen LogP contribution in [-0.2, 0) is 0 Å². The molecule has 2 N–H and O–H groups in total. The second kappa shape index (κ2) is 3.08. The zero-order chi connectivity index (χ0) is 9.26. The van der Waals surface area contributed by atoms with E-state index in [0.29, 0.717) is 5.52 Å². The number of aliphatic hydroxyl groups is 2. The van der Waals surface area contributed by atoms with Gasteiger partial charge in [0.25, 0.3) is 0 Å². The van der Waals surface area contributed by atoms with Crippen molar-refractivity contribution >= 4 is 10.9 Å². The van der Waals surface area contributed by atoms with Crippen molar-refractivity contribution in [3.8, 4) is 0 Å². The van der Waals surface area contributed by atoms with E-state index in [-0.39, 0.29) is 5.82 Å². The molecule has 4 heteroatoms. The molecule has 1 aromatic carbocycles. The van der Waals surface area contributed by atoms with Gasteiger partial charge in [0.1, 0.15) is 0 Å². The summed E-state index contributed by atoms with van der Waals surface area (Å²) >= 11 is 0. The van der Waals surface area contributed by atoms with Crippen LogP contribution < -0.4 is 0 Å². The van der Waals surface area contributed by atoms with Crippen LogP contribution in [0.4, 0.5) is 0 Å². The van der Waals surface area contributed by atoms with Gasteiger partial charge >= 0.3 is 0 Å². The Labute approximate surface area is 74.5 Å². The maximum atomic E-state index is 8.81. The van der Waals surface area contributed by atoms with Gasteiger partial charge in [0.05, 0.1) is 5.52 Å². The minimum atomic E-state index is -1.61. The topological polar surface area (TPSA) is 66.2 Å². The number of nitrogens with zero attached hydrogens (tertiary/aromatic N) is 2. The van der Waals surface area contributed by atoms with Crippen LogP contribution >= 0.6 is 0 Å². The van der Waals surface area contributed by atoms with Crippen LogP contribution in [0.15, 0.2) is 30.5 Å². The lowest BCUT2D eigenvalue weighted by atomic mass is 10.2. The van der Waals surface area contributed by atoms with Crippen molar-refractivity contribution in [2.75, 3.05) is 0 Å². The highest BCUT2D eigenvalue weighted by atomic mass is 16.5. The zero-order valence-electron chi connectivity index (χ0n) is 6.75. The summed E-state index contributed by atoms with van der Waals surface area (Å²) in [5.41, 5.74) is 0.709. The van der Waals surface area contributed by atoms with Gasteiger partial charge in [-0.05, 0) is 6.07 Å². The minimum Gasteiger partial charge on any atom is -0.362 e. The molecule has 0 aliphatic heterocycles. The van der Waals surface area contributed by atoms with Crippen molar-refractivity contribution in [1.29, 1.82) is 0 Å². The van der Waals surface area contributed by atoms with Gasteiger partial charge in [-0.25, -0.2) is 9.97 Å². The van der Waals surface area contributed by atoms with Gasteiger partial charge < -0.3 is 10.2 Å². The number of aliphatic hydroxyl groups excluding tert-OH is 1. The van der Waals surface area contributed by atoms with Crippen molar-refractivity contribution in [3.63, 3.8) is 0 Å². The van der Waals surface area contributed by atoms with Crippen LogP contribution in [-0.4, -0.2) is 20.2 Å². The fraction of sp³-hybridized carbons (Fsp3) is 0.111. The molecular formula is C9H8N2O2. The first-order valence-corrected chi connectivity index (χ1v) is 3.85. The Balaban J connectivity index is 2.62. The van der Waals surface area contributed by atoms with E-state index in [4.69, 9.17) is 10.2 Å². The molecule has 0 saturated heterocycles. The highest BCUT2D eigenvalue weighted by molar-refractivity contribution is 5.77. The molecule has 0 amide bonds. The molecule has 0 saturated carbocycles. The summed E-state index contributed by atoms with van der Waals surface area (Å²) in [6.45, 7) is 0. The van der Waals surface area contributed by atoms with Gasteiger partial charge in [-0.15, -0.1) is 0 Å². The Morgan fingerprint density at radius 1 is 1.15 bits per heavy atom. The van der Waals surface area contributed by atoms with Crippen LogP contribution in [0.25, 0.3) is 10.9 Å². The molecule has 2 aromatic rings. The lowest BCUT2D eigenvalue weighted by molar-refractivity contribution is -0.0491. The Morgan fingerprint density at radius 3 is 2.69 bits per heavy atom. The summed E-state index contributed by atoms with van der Waals surface area (Å²) in [5, 5.41) is 18.5. The van der Waals surface area contributed by atoms with Gasteiger partial charge in [-0.2, -0.15) is 0 Å². The molecule has 13 heavy (non-hydrogen) atoms. The molecule has 0 fully saturated rings. The molecule has 4 nitrogen and oxygen atoms in total. The molecule has 0 aliphatic carbocycles. The van der Waals surface area contributed by atoms with Crippen molar-refractivity contribution in [1.82, 2.24) is 9.97 Å². The van der Waals surface area contributed by atoms with Crippen molar-refractivity contribution in [2.24, 2.45) is 0 Å². The largest absolute Gasteiger partial charge is 0.362 e. The summed E-state index contributed by atoms with van der Waals surface area (Å²) < 4.78 is 0. The standard InChI is InChI=1S/C9H8N2O2/c12-9(13)8-10-5-6-3-1-2-4-7(6)11-8/h1-5,9,12-13H. The smallest absolute Gasteiger partial charge is 0.214 e. The molecule has 0 aliphatic rings. The van der Waals surface area contributed by atoms with Crippen LogP contribution in [0, 0.1) is 0 Å². The molecule has 0 atom stereocenters. The lowest BCUT2D eigenvalue weighted by Gasteiger charge is -2.02. The Bertz CT molecular complexity index is 429. The van der Waals surface area contributed by atoms with Crippen LogP contribution in [0.2, 0.25) is 0 Å². The highest BCUT2D eigenvalue weighted by Crippen LogP contribution is 2.11. The number of fused-ring (bicyclic) bond motifs is 1. The summed E-state index contributed by atoms with van der Waals surface area (Å²) in [6, 6.07) is 7.37. The normalized spacial score (nSPS) is 11.0. The number of hydrogen-bond acceptors (Lipinski definition) is 4. The van der Waals surface area contributed by atoms with Crippen LogP contribution in [0.5, 0.6) is 0 Å². The first kappa shape index (κ1) is 8.10. The van der Waals surface area contributed by atoms with E-state index in [1.54, 1.807) is 12.3 Å². The van der Waals surface area contributed by atoms with Gasteiger partial charge in [0, 0.05) is 11.6 Å². The Hall–Kier alpha value is -1.52. The van der Waals surface area contributed by atoms with Crippen LogP contribution in [0.3, 0.4) is 0 Å². The first-order chi connectivity index (χ1) is 6.27. The maximum absolute atomic E-state index is 8.81. The average Bonchev–Trinajstić information content (AvgIpc) is 2.17. The SMILES string of the molecule is OC(O)c1ncc2ccccc2n1. The predicted octanol–water partition coefficient (Wildman–Crippen LogP) is 0.613. The second-order valence-electron chi connectivity index (χ2n) is 2.66. The minimum absolute atomic E-state index is 0.0266. The number of benzene rings is 1. The number of hydrogen-bond donors (Lipinski definition) is 2. The molecule has 1 heterocycles. The van der Waals surface area contributed by atoms with Gasteiger partial charge in [-0.1, -0.05) is 18.2 Å². The lowest BCUT2D eigenvalue weighted by Crippen LogP contribution is -2.01. The monoisotopic (exact) mass is 176 g/mol. The molecular weight excluding hydrogens is 168 g/mol. The predicted molar refractivity (Wildman–Crippen MR) is 46.7 cm³/mol. The molecule has 66 valence electrons. The fourth-order valence-electron chi connectivity index (χ4n) is 1.11. The fourth-order valence-corrected chi connectivity index (χ4v) is 1.11. The number of para-hydroxylation sites is 1. The molecule has 0 radical (unpaired) electrons. The van der Waals surface area contributed by atoms with Gasteiger partial charge in [0.2, 0.25) is 6.29 Å². The van der Waals surface area contributed by atoms with Crippen molar-refractivity contribution < 1.29 is 10.2 Å². The van der Waals surface area contributed by atoms with E-state index in [0.717, 1.165) is 5.39 Å². The molecule has 0 unspecified atom stereocenters. The summed E-state index contributed by atoms with van der Waals surface area (Å²) in [7, 11) is 0. The number of rotatable bonds is 1. The van der Waals surface area contributed by atoms with E-state index < -0.39 is 6.29 Å². The van der Waals surface area contributed by atoms with Crippen molar-refractivity contribution in [3.05, 3.63) is 36.3 Å². The van der Waals surface area contributed by atoms with Crippen LogP contribution in [0.1, 0.15) is 12.1 Å².